The highest BCUT2D eigenvalue weighted by Gasteiger charge is 2.20. The third kappa shape index (κ3) is 23.1. The number of amides is 4. The van der Waals surface area contributed by atoms with E-state index in [9.17, 15) is 28.8 Å². The Kier molecular flexibility index (Phi) is 23.0. The molecule has 0 bridgehead atoms. The maximum Gasteiger partial charge on any atom is 0.404 e. The number of benzene rings is 2. The van der Waals surface area contributed by atoms with Crippen LogP contribution in [0.25, 0.3) is 0 Å². The van der Waals surface area contributed by atoms with E-state index in [1.807, 2.05) is 35.6 Å². The molecule has 2 atom stereocenters. The van der Waals surface area contributed by atoms with Crippen LogP contribution < -0.4 is 33.6 Å². The van der Waals surface area contributed by atoms with E-state index in [4.69, 9.17) is 33.1 Å². The van der Waals surface area contributed by atoms with Gasteiger partial charge in [-0.25, -0.2) is 9.59 Å². The Bertz CT molecular complexity index is 1290. The van der Waals surface area contributed by atoms with Crippen LogP contribution in [0.4, 0.5) is 10.5 Å². The average Bonchev–Trinajstić information content (AvgIpc) is 3.43. The molecule has 1 aliphatic rings. The summed E-state index contributed by atoms with van der Waals surface area (Å²) in [6.07, 6.45) is 7.33. The highest BCUT2D eigenvalue weighted by Crippen LogP contribution is 2.07. The number of hydrogen-bond donors (Lipinski definition) is 8. The zero-order valence-corrected chi connectivity index (χ0v) is 27.1. The number of anilines is 1. The van der Waals surface area contributed by atoms with Gasteiger partial charge in [-0.1, -0.05) is 68.7 Å². The first-order chi connectivity index (χ1) is 22.8. The van der Waals surface area contributed by atoms with Gasteiger partial charge in [0.15, 0.2) is 0 Å². The number of nitrogens with two attached hydrogens (primary N) is 4. The van der Waals surface area contributed by atoms with Gasteiger partial charge in [0.25, 0.3) is 11.8 Å². The summed E-state index contributed by atoms with van der Waals surface area (Å²) < 4.78 is 4.57. The lowest BCUT2D eigenvalue weighted by molar-refractivity contribution is -0.141. The number of carbonyl (C=O) groups is 6. The zero-order valence-electron chi connectivity index (χ0n) is 27.1. The highest BCUT2D eigenvalue weighted by molar-refractivity contribution is 6.12. The third-order valence-corrected chi connectivity index (χ3v) is 6.20. The number of carboxylic acid groups (broad SMARTS) is 2. The van der Waals surface area contributed by atoms with E-state index in [-0.39, 0.29) is 24.3 Å². The summed E-state index contributed by atoms with van der Waals surface area (Å²) in [5.74, 6) is -2.77. The van der Waals surface area contributed by atoms with Crippen molar-refractivity contribution in [2.24, 2.45) is 17.2 Å². The number of rotatable bonds is 15. The lowest BCUT2D eigenvalue weighted by Gasteiger charge is -2.14. The third-order valence-electron chi connectivity index (χ3n) is 6.20. The number of aliphatic carboxylic acids is 2. The van der Waals surface area contributed by atoms with Crippen LogP contribution in [0.3, 0.4) is 0 Å². The smallest absolute Gasteiger partial charge is 0.404 e. The summed E-state index contributed by atoms with van der Waals surface area (Å²) in [5.41, 5.74) is 23.1. The fraction of sp³-hybridized carbons (Fsp3) is 0.394. The van der Waals surface area contributed by atoms with Crippen molar-refractivity contribution >= 4 is 41.4 Å². The van der Waals surface area contributed by atoms with Crippen molar-refractivity contribution in [3.8, 4) is 0 Å². The van der Waals surface area contributed by atoms with Gasteiger partial charge >= 0.3 is 18.0 Å². The predicted molar refractivity (Wildman–Crippen MR) is 180 cm³/mol. The monoisotopic (exact) mass is 672 g/mol. The van der Waals surface area contributed by atoms with Crippen molar-refractivity contribution in [2.45, 2.75) is 77.0 Å². The Morgan fingerprint density at radius 1 is 0.854 bits per heavy atom. The molecule has 2 unspecified atom stereocenters. The normalized spacial score (nSPS) is 12.3. The van der Waals surface area contributed by atoms with Gasteiger partial charge in [-0.2, -0.15) is 0 Å². The second kappa shape index (κ2) is 25.9. The largest absolute Gasteiger partial charge is 0.480 e. The van der Waals surface area contributed by atoms with Crippen LogP contribution in [-0.4, -0.2) is 64.6 Å². The second-order valence-corrected chi connectivity index (χ2v) is 10.4. The zero-order chi connectivity index (χ0) is 36.3. The summed E-state index contributed by atoms with van der Waals surface area (Å²) in [5, 5.41) is 22.1. The molecule has 0 aliphatic carbocycles. The summed E-state index contributed by atoms with van der Waals surface area (Å²) in [6.45, 7) is 2.86. The number of nitrogens with one attached hydrogen (secondary N) is 2. The van der Waals surface area contributed by atoms with Crippen molar-refractivity contribution in [1.29, 1.82) is 0 Å². The Morgan fingerprint density at radius 2 is 1.46 bits per heavy atom. The van der Waals surface area contributed by atoms with Gasteiger partial charge in [0.05, 0.1) is 0 Å². The van der Waals surface area contributed by atoms with E-state index in [1.165, 1.54) is 12.2 Å². The average molecular weight is 673 g/mol. The predicted octanol–water partition coefficient (Wildman–Crippen LogP) is 1.97. The van der Waals surface area contributed by atoms with Crippen LogP contribution in [0.15, 0.2) is 66.7 Å². The van der Waals surface area contributed by atoms with Crippen molar-refractivity contribution < 1.29 is 43.7 Å². The number of unbranched alkanes of at least 4 members (excludes halogenated alkanes) is 3. The van der Waals surface area contributed by atoms with Crippen molar-refractivity contribution in [2.75, 3.05) is 12.3 Å². The molecule has 1 heterocycles. The molecule has 15 nitrogen and oxygen atoms in total. The fourth-order valence-corrected chi connectivity index (χ4v) is 3.61. The Hall–Kier alpha value is -5.28. The number of carboxylic acids is 2. The van der Waals surface area contributed by atoms with E-state index in [0.717, 1.165) is 43.2 Å². The molecule has 48 heavy (non-hydrogen) atoms. The quantitative estimate of drug-likeness (QED) is 0.0766. The summed E-state index contributed by atoms with van der Waals surface area (Å²) in [7, 11) is 0. The molecule has 12 N–H and O–H groups in total. The molecular formula is C33H48N6O9. The molecule has 0 spiro atoms. The molecule has 0 saturated heterocycles. The van der Waals surface area contributed by atoms with Crippen molar-refractivity contribution in [3.05, 3.63) is 77.9 Å². The van der Waals surface area contributed by atoms with Crippen molar-refractivity contribution in [1.82, 2.24) is 10.6 Å². The molecule has 3 rings (SSSR count). The molecule has 0 aromatic heterocycles. The second-order valence-electron chi connectivity index (χ2n) is 10.4. The maximum absolute atomic E-state index is 11.6. The molecular weight excluding hydrogens is 624 g/mol. The summed E-state index contributed by atoms with van der Waals surface area (Å²) >= 11 is 0. The van der Waals surface area contributed by atoms with Gasteiger partial charge in [-0.05, 0) is 49.1 Å². The standard InChI is InChI=1S/C15H21NO3.C8H10N2O2.C6H14N2O2.C4H3NO2/c1-2-3-5-10-14(17)16-13(15(18)19)11-12-8-6-4-7-9-12;9-7-3-1-6(2-4-7)5-12-8(10)11;7-4-2-1-3-5(8)6(9)10;6-3-1-2-4(7)5-3/h4,6-9,13H,2-3,5,10-11H2,1H3,(H,16,17)(H,18,19);1-4H,5,9H2,(H2,10,11);5H,1-4,7-8H2,(H,9,10);1-2H,(H,5,6,7). The van der Waals surface area contributed by atoms with E-state index < -0.39 is 30.1 Å². The van der Waals surface area contributed by atoms with Crippen LogP contribution in [0, 0.1) is 0 Å². The molecule has 2 aromatic carbocycles. The molecule has 1 aliphatic heterocycles. The number of imide groups is 1. The van der Waals surface area contributed by atoms with Gasteiger partial charge < -0.3 is 43.2 Å². The number of nitrogen functional groups attached to an aromatic ring is 1. The molecule has 264 valence electrons. The van der Waals surface area contributed by atoms with Gasteiger partial charge in [-0.3, -0.25) is 24.5 Å². The Morgan fingerprint density at radius 3 is 1.92 bits per heavy atom. The minimum Gasteiger partial charge on any atom is -0.480 e. The van der Waals surface area contributed by atoms with Crippen LogP contribution >= 0.6 is 0 Å². The summed E-state index contributed by atoms with van der Waals surface area (Å²) in [6, 6.07) is 14.8. The van der Waals surface area contributed by atoms with Crippen molar-refractivity contribution in [3.63, 3.8) is 0 Å². The molecule has 2 aromatic rings. The minimum atomic E-state index is -0.993. The van der Waals surface area contributed by atoms with Crippen LogP contribution in [0.5, 0.6) is 0 Å². The first kappa shape index (κ1) is 42.7. The van der Waals surface area contributed by atoms with Gasteiger partial charge in [0.2, 0.25) is 5.91 Å². The first-order valence-electron chi connectivity index (χ1n) is 15.3. The minimum absolute atomic E-state index is 0.184. The van der Waals surface area contributed by atoms with Crippen LogP contribution in [0.2, 0.25) is 0 Å². The fourth-order valence-electron chi connectivity index (χ4n) is 3.61. The molecule has 15 heteroatoms. The van der Waals surface area contributed by atoms with E-state index in [0.29, 0.717) is 31.5 Å². The van der Waals surface area contributed by atoms with Gasteiger partial charge in [0, 0.05) is 30.7 Å². The topological polar surface area (TPSA) is 280 Å². The Balaban J connectivity index is 0.000000656. The maximum atomic E-state index is 11.6. The van der Waals surface area contributed by atoms with Crippen LogP contribution in [-0.2, 0) is 41.7 Å². The lowest BCUT2D eigenvalue weighted by atomic mass is 10.1. The van der Waals surface area contributed by atoms with E-state index in [2.05, 4.69) is 17.0 Å². The SMILES string of the molecule is CCCCCC(=O)NC(Cc1ccccc1)C(=O)O.NC(=O)OCc1ccc(N)cc1.NCCCCC(N)C(=O)O.O=C1C=CC(=O)N1. The Labute approximate surface area is 280 Å². The first-order valence-corrected chi connectivity index (χ1v) is 15.3. The van der Waals surface area contributed by atoms with Gasteiger partial charge in [0.1, 0.15) is 18.7 Å². The number of primary amides is 1. The number of hydrogen-bond acceptors (Lipinski definition) is 10. The van der Waals surface area contributed by atoms with Gasteiger partial charge in [-0.15, -0.1) is 0 Å². The summed E-state index contributed by atoms with van der Waals surface area (Å²) in [4.78, 5) is 63.2. The van der Waals surface area contributed by atoms with E-state index in [1.54, 1.807) is 24.3 Å². The molecule has 4 amide bonds. The molecule has 0 radical (unpaired) electrons. The number of ether oxygens (including phenoxy) is 1. The van der Waals surface area contributed by atoms with E-state index >= 15 is 0 Å². The highest BCUT2D eigenvalue weighted by atomic mass is 16.5. The van der Waals surface area contributed by atoms with Crippen LogP contribution in [0.1, 0.15) is 63.0 Å². The lowest BCUT2D eigenvalue weighted by Crippen LogP contribution is -2.42. The molecule has 0 fully saturated rings. The number of carbonyl (C=O) groups excluding carboxylic acids is 4. The molecule has 0 saturated carbocycles.